The second-order valence-corrected chi connectivity index (χ2v) is 12.3. The Morgan fingerprint density at radius 1 is 0.878 bits per heavy atom. The van der Waals surface area contributed by atoms with E-state index in [1.54, 1.807) is 12.1 Å². The van der Waals surface area contributed by atoms with E-state index in [0.29, 0.717) is 48.6 Å². The molecule has 0 aliphatic carbocycles. The van der Waals surface area contributed by atoms with Gasteiger partial charge in [0.05, 0.1) is 18.9 Å². The number of fused-ring (bicyclic) bond motifs is 4. The number of piperazine rings is 2. The predicted octanol–water partition coefficient (Wildman–Crippen LogP) is 4.12. The van der Waals surface area contributed by atoms with E-state index in [1.165, 1.54) is 12.1 Å². The molecule has 4 unspecified atom stereocenters. The maximum Gasteiger partial charge on any atom is 0.254 e. The van der Waals surface area contributed by atoms with E-state index < -0.39 is 0 Å². The number of hydrogen-bond acceptors (Lipinski definition) is 5. The van der Waals surface area contributed by atoms with Gasteiger partial charge in [0.1, 0.15) is 5.82 Å². The number of carbonyl (C=O) groups is 2. The quantitative estimate of drug-likeness (QED) is 0.551. The molecule has 0 aromatic heterocycles. The van der Waals surface area contributed by atoms with Crippen LogP contribution in [-0.4, -0.2) is 94.8 Å². The minimum absolute atomic E-state index is 0.113. The molecular weight excluding hydrogens is 517 g/mol. The van der Waals surface area contributed by atoms with Crippen LogP contribution in [0.25, 0.3) is 0 Å². The molecule has 41 heavy (non-hydrogen) atoms. The molecule has 4 atom stereocenters. The largest absolute Gasteiger partial charge is 0.334 e. The van der Waals surface area contributed by atoms with Crippen molar-refractivity contribution in [2.45, 2.75) is 82.6 Å². The van der Waals surface area contributed by atoms with E-state index >= 15 is 0 Å². The zero-order valence-corrected chi connectivity index (χ0v) is 24.5. The van der Waals surface area contributed by atoms with Crippen LogP contribution >= 0.6 is 0 Å². The summed E-state index contributed by atoms with van der Waals surface area (Å²) in [4.78, 5) is 34.4. The van der Waals surface area contributed by atoms with Gasteiger partial charge in [-0.2, -0.15) is 5.26 Å². The Balaban J connectivity index is 0.000000166. The van der Waals surface area contributed by atoms with Crippen LogP contribution in [0.5, 0.6) is 0 Å². The number of likely N-dealkylation sites (tertiary alicyclic amines) is 2. The Hall–Kier alpha value is -3.28. The molecule has 0 spiro atoms. The highest BCUT2D eigenvalue weighted by Crippen LogP contribution is 2.33. The summed E-state index contributed by atoms with van der Waals surface area (Å²) in [6.45, 7) is 8.34. The predicted molar refractivity (Wildman–Crippen MR) is 157 cm³/mol. The van der Waals surface area contributed by atoms with Crippen molar-refractivity contribution in [3.63, 3.8) is 0 Å². The third kappa shape index (κ3) is 6.47. The van der Waals surface area contributed by atoms with Gasteiger partial charge >= 0.3 is 0 Å². The monoisotopic (exact) mass is 559 g/mol. The van der Waals surface area contributed by atoms with E-state index in [1.807, 2.05) is 24.3 Å². The fraction of sp³-hybridized carbons (Fsp3) is 0.545. The molecule has 4 heterocycles. The van der Waals surface area contributed by atoms with Gasteiger partial charge in [-0.3, -0.25) is 14.5 Å². The van der Waals surface area contributed by atoms with E-state index in [2.05, 4.69) is 46.6 Å². The number of rotatable bonds is 5. The molecule has 4 fully saturated rings. The number of benzene rings is 2. The number of amides is 2. The van der Waals surface area contributed by atoms with Gasteiger partial charge in [0.15, 0.2) is 0 Å². The summed E-state index contributed by atoms with van der Waals surface area (Å²) in [7, 11) is 2.12. The van der Waals surface area contributed by atoms with Gasteiger partial charge in [0.25, 0.3) is 5.91 Å². The van der Waals surface area contributed by atoms with Crippen LogP contribution in [0.3, 0.4) is 0 Å². The highest BCUT2D eigenvalue weighted by atomic mass is 19.1. The number of nitrogens with zero attached hydrogens (tertiary/aromatic N) is 5. The molecule has 0 saturated carbocycles. The lowest BCUT2D eigenvalue weighted by Gasteiger charge is -2.43. The first-order chi connectivity index (χ1) is 19.7. The number of hydrogen-bond donors (Lipinski definition) is 0. The van der Waals surface area contributed by atoms with Crippen LogP contribution in [0.1, 0.15) is 61.0 Å². The van der Waals surface area contributed by atoms with E-state index in [0.717, 1.165) is 63.0 Å². The summed E-state index contributed by atoms with van der Waals surface area (Å²) in [6, 6.07) is 17.9. The van der Waals surface area contributed by atoms with Crippen LogP contribution in [-0.2, 0) is 17.6 Å². The first-order valence-electron chi connectivity index (χ1n) is 15.0. The molecule has 4 aliphatic rings. The Morgan fingerprint density at radius 3 is 2.00 bits per heavy atom. The van der Waals surface area contributed by atoms with Crippen molar-refractivity contribution in [3.05, 3.63) is 71.0 Å². The first kappa shape index (κ1) is 29.2. The highest BCUT2D eigenvalue weighted by molar-refractivity contribution is 5.96. The summed E-state index contributed by atoms with van der Waals surface area (Å²) in [5.74, 6) is 0.0461. The van der Waals surface area contributed by atoms with Crippen molar-refractivity contribution in [3.8, 4) is 6.07 Å². The van der Waals surface area contributed by atoms with Gasteiger partial charge in [0, 0.05) is 62.0 Å². The molecular formula is C33H42FN5O2. The molecule has 7 nitrogen and oxygen atoms in total. The van der Waals surface area contributed by atoms with Crippen molar-refractivity contribution in [1.29, 1.82) is 5.26 Å². The van der Waals surface area contributed by atoms with Crippen molar-refractivity contribution >= 4 is 11.8 Å². The standard InChI is InChI=1S/C18H23N3O.C15H19FN2O/c1-13(2)20-11-15-7-8-16(12-20)21(15)18(22)17-6-4-3-5-14(17)9-10-19;1-17-9-13-6-7-14(10-17)18(13)15(19)8-11-2-4-12(16)5-3-11/h3-6,13,15-16H,7-9,11-12H2,1-2H3;2-5,13-14H,6-10H2,1H3. The van der Waals surface area contributed by atoms with Crippen molar-refractivity contribution in [2.24, 2.45) is 0 Å². The fourth-order valence-electron chi connectivity index (χ4n) is 7.19. The molecule has 4 aliphatic heterocycles. The molecule has 8 heteroatoms. The number of halogens is 1. The molecule has 0 radical (unpaired) electrons. The minimum Gasteiger partial charge on any atom is -0.334 e. The van der Waals surface area contributed by atoms with Gasteiger partial charge in [-0.15, -0.1) is 0 Å². The summed E-state index contributed by atoms with van der Waals surface area (Å²) in [5.41, 5.74) is 2.45. The Kier molecular flexibility index (Phi) is 9.06. The van der Waals surface area contributed by atoms with E-state index in [9.17, 15) is 14.0 Å². The average Bonchev–Trinajstić information content (AvgIpc) is 3.38. The topological polar surface area (TPSA) is 70.9 Å². The average molecular weight is 560 g/mol. The van der Waals surface area contributed by atoms with Gasteiger partial charge in [-0.25, -0.2) is 4.39 Å². The van der Waals surface area contributed by atoms with Crippen molar-refractivity contribution < 1.29 is 14.0 Å². The van der Waals surface area contributed by atoms with Crippen LogP contribution in [0.2, 0.25) is 0 Å². The Labute approximate surface area is 243 Å². The normalized spacial score (nSPS) is 25.6. The molecule has 2 amide bonds. The van der Waals surface area contributed by atoms with Crippen LogP contribution in [0.15, 0.2) is 48.5 Å². The van der Waals surface area contributed by atoms with Gasteiger partial charge in [-0.05, 0) is 75.9 Å². The third-order valence-electron chi connectivity index (χ3n) is 9.21. The lowest BCUT2D eigenvalue weighted by molar-refractivity contribution is -0.135. The first-order valence-corrected chi connectivity index (χ1v) is 15.0. The SMILES string of the molecule is CC(C)N1CC2CCC(C1)N2C(=O)c1ccccc1CC#N.CN1CC2CCC(C1)N2C(=O)Cc1ccc(F)cc1. The van der Waals surface area contributed by atoms with E-state index in [4.69, 9.17) is 5.26 Å². The van der Waals surface area contributed by atoms with Crippen LogP contribution < -0.4 is 0 Å². The summed E-state index contributed by atoms with van der Waals surface area (Å²) in [5, 5.41) is 8.97. The highest BCUT2D eigenvalue weighted by Gasteiger charge is 2.43. The maximum atomic E-state index is 13.0. The number of likely N-dealkylation sites (N-methyl/N-ethyl adjacent to an activating group) is 1. The molecule has 6 rings (SSSR count). The third-order valence-corrected chi connectivity index (χ3v) is 9.21. The molecule has 4 saturated heterocycles. The van der Waals surface area contributed by atoms with E-state index in [-0.39, 0.29) is 17.6 Å². The zero-order chi connectivity index (χ0) is 29.1. The van der Waals surface area contributed by atoms with Gasteiger partial charge < -0.3 is 14.7 Å². The molecule has 218 valence electrons. The second kappa shape index (κ2) is 12.7. The van der Waals surface area contributed by atoms with Crippen molar-refractivity contribution in [1.82, 2.24) is 19.6 Å². The van der Waals surface area contributed by atoms with Gasteiger partial charge in [-0.1, -0.05) is 30.3 Å². The maximum absolute atomic E-state index is 13.0. The lowest BCUT2D eigenvalue weighted by Crippen LogP contribution is -2.57. The van der Waals surface area contributed by atoms with Gasteiger partial charge in [0.2, 0.25) is 5.91 Å². The molecule has 2 aromatic carbocycles. The Morgan fingerprint density at radius 2 is 1.44 bits per heavy atom. The zero-order valence-electron chi connectivity index (χ0n) is 24.5. The summed E-state index contributed by atoms with van der Waals surface area (Å²) >= 11 is 0. The van der Waals surface area contributed by atoms with Crippen LogP contribution in [0, 0.1) is 17.1 Å². The molecule has 4 bridgehead atoms. The van der Waals surface area contributed by atoms with Crippen molar-refractivity contribution in [2.75, 3.05) is 33.2 Å². The second-order valence-electron chi connectivity index (χ2n) is 12.3. The smallest absolute Gasteiger partial charge is 0.254 e. The summed E-state index contributed by atoms with van der Waals surface area (Å²) < 4.78 is 12.9. The fourth-order valence-corrected chi connectivity index (χ4v) is 7.19. The summed E-state index contributed by atoms with van der Waals surface area (Å²) in [6.07, 6.45) is 5.11. The lowest BCUT2D eigenvalue weighted by atomic mass is 10.0. The molecule has 0 N–H and O–H groups in total. The number of carbonyl (C=O) groups excluding carboxylic acids is 2. The minimum atomic E-state index is -0.254. The number of nitriles is 1. The molecule has 2 aromatic rings. The Bertz CT molecular complexity index is 1250. The van der Waals surface area contributed by atoms with Crippen LogP contribution in [0.4, 0.5) is 4.39 Å².